The summed E-state index contributed by atoms with van der Waals surface area (Å²) in [7, 11) is 33.1. The maximum Gasteiger partial charge on any atom is 0.159 e. The molecule has 0 aromatic carbocycles. The molecule has 39 heteroatoms. The van der Waals surface area contributed by atoms with Gasteiger partial charge in [0.2, 0.25) is 0 Å². The van der Waals surface area contributed by atoms with Gasteiger partial charge in [-0.15, -0.1) is 0 Å². The number of nitrogens with zero attached hydrogens (tertiary/aromatic N) is 16. The van der Waals surface area contributed by atoms with Crippen molar-refractivity contribution in [3.8, 4) is 0 Å². The van der Waals surface area contributed by atoms with Gasteiger partial charge in [-0.25, -0.2) is 0 Å². The van der Waals surface area contributed by atoms with Gasteiger partial charge in [0.25, 0.3) is 0 Å². The Kier molecular flexibility index (Phi) is 62.5. The summed E-state index contributed by atoms with van der Waals surface area (Å²) in [5, 5.41) is 0. The molecule has 2 aliphatic carbocycles. The van der Waals surface area contributed by atoms with Crippen molar-refractivity contribution in [3.63, 3.8) is 0 Å². The Morgan fingerprint density at radius 2 is 0.662 bits per heavy atom. The van der Waals surface area contributed by atoms with Gasteiger partial charge in [-0.1, -0.05) is 66.2 Å². The van der Waals surface area contributed by atoms with E-state index in [-0.39, 0.29) is 29.5 Å². The van der Waals surface area contributed by atoms with Crippen LogP contribution in [0.2, 0.25) is 0 Å². The fourth-order valence-corrected chi connectivity index (χ4v) is 27.5. The minimum atomic E-state index is -0.158. The molecule has 1 heterocycles. The standard InChI is InChI=1S/C12H30N2Si3.C8H26N2Si3.C6H22N2Si3.C4H14N2Si2.C4H16N2Si2.C2H16N2Si4.C2H12N2Si2.H12N2Si4/c15-13(11-7-3-1-4-8-11)17-14(16)12-9-5-2-6-10-12;1-7(2,3)9(11)13-10(12)8(4,5)6;1-5(2)7(9)11-8(10)6(3)4;7-5-1-2-6(8)4-3-5;1-5(7)3-4-6(2)8;5-3(6)1-2-4(7)8;1-3(5)4(2)6;3-1(4)2(5)6/h11-12H,1-10,17H2,15-16H3;13H2,1-6,11-12H3;5-6H,11H2,1-4,9-10H3;1-4H2,7-8H3;3-4H2,1-2,7-8H3;1-2H2,5-8H3;1-2,5-6H3;3-6H3. The Bertz CT molecular complexity index is 1150. The molecule has 0 atom stereocenters. The van der Waals surface area contributed by atoms with E-state index >= 15 is 0 Å². The van der Waals surface area contributed by atoms with E-state index in [4.69, 9.17) is 0 Å². The third-order valence-electron chi connectivity index (χ3n) is 15.1. The Labute approximate surface area is 552 Å². The van der Waals surface area contributed by atoms with Crippen LogP contribution >= 0.6 is 0 Å². The van der Waals surface area contributed by atoms with Crippen LogP contribution in [-0.2, 0) is 0 Å². The van der Waals surface area contributed by atoms with Gasteiger partial charge >= 0.3 is 0 Å². The highest BCUT2D eigenvalue weighted by Gasteiger charge is 2.24. The molecule has 2 saturated carbocycles. The van der Waals surface area contributed by atoms with Crippen LogP contribution in [0.5, 0.6) is 0 Å². The van der Waals surface area contributed by atoms with Gasteiger partial charge in [-0.05, 0) is 144 Å². The van der Waals surface area contributed by atoms with Crippen molar-refractivity contribution in [1.29, 1.82) is 0 Å². The number of piperazine rings is 1. The normalized spacial score (nSPS) is 17.7. The van der Waals surface area contributed by atoms with Gasteiger partial charge < -0.3 is 60.8 Å². The summed E-state index contributed by atoms with van der Waals surface area (Å²) in [6, 6.07) is 3.57. The van der Waals surface area contributed by atoms with Crippen LogP contribution in [0.25, 0.3) is 0 Å². The summed E-state index contributed by atoms with van der Waals surface area (Å²) in [5.74, 6) is 0. The third-order valence-corrected chi connectivity index (χ3v) is 46.7. The lowest BCUT2D eigenvalue weighted by molar-refractivity contribution is 0.257. The van der Waals surface area contributed by atoms with Gasteiger partial charge in [0.1, 0.15) is 0 Å². The number of hydrogen-bond acceptors (Lipinski definition) is 16. The number of rotatable bonds is 18. The van der Waals surface area contributed by atoms with Gasteiger partial charge in [-0.2, -0.15) is 0 Å². The van der Waals surface area contributed by atoms with Gasteiger partial charge in [0.05, 0.1) is 208 Å². The first-order valence-electron chi connectivity index (χ1n) is 30.0. The van der Waals surface area contributed by atoms with E-state index in [1.807, 2.05) is 0 Å². The lowest BCUT2D eigenvalue weighted by atomic mass is 9.96. The predicted octanol–water partition coefficient (Wildman–Crippen LogP) is -22.2. The minimum Gasteiger partial charge on any atom is -0.359 e. The highest BCUT2D eigenvalue weighted by molar-refractivity contribution is 6.47. The molecular formula is C38H148N16Si23. The second kappa shape index (κ2) is 53.4. The SMILES string of the molecule is CC(C)(C)N([SiH3])[SiH2]N([SiH3])C(C)(C)C.CC(C)N([SiH3])[SiH2]N([SiH3])C(C)C.CN([SiH3])CCN(C)[SiH3].CN([SiH3])N(C)[SiH3].[SiH3]N([SiH2]N([SiH3])C1CCCCC1)C1CCCCC1.[SiH3]N([SiH3])CCN([SiH3])[SiH3].[SiH3]N([SiH3])N([SiH3])[SiH3].[SiH3]N1CCN([SiH3])CC1. The van der Waals surface area contributed by atoms with Crippen molar-refractivity contribution in [1.82, 2.24) is 70.1 Å². The summed E-state index contributed by atoms with van der Waals surface area (Å²) in [4.78, 5) is 0. The second-order valence-corrected chi connectivity index (χ2v) is 74.9. The molecule has 1 saturated heterocycles. The lowest BCUT2D eigenvalue weighted by Gasteiger charge is -2.41. The molecule has 0 unspecified atom stereocenters. The van der Waals surface area contributed by atoms with Crippen molar-refractivity contribution in [2.75, 3.05) is 80.5 Å². The molecule has 16 nitrogen and oxygen atoms in total. The molecule has 0 aromatic rings. The summed E-state index contributed by atoms with van der Waals surface area (Å²) in [5.41, 5.74) is 0.790. The smallest absolute Gasteiger partial charge is 0.159 e. The summed E-state index contributed by atoms with van der Waals surface area (Å²) < 4.78 is 40.4. The molecule has 3 rings (SSSR count). The van der Waals surface area contributed by atoms with Crippen LogP contribution in [0.1, 0.15) is 133 Å². The monoisotopic (exact) mass is 1470 g/mol. The molecule has 3 fully saturated rings. The first-order valence-corrected chi connectivity index (χ1v) is 51.7. The first-order chi connectivity index (χ1) is 35.1. The summed E-state index contributed by atoms with van der Waals surface area (Å²) >= 11 is 0. The fourth-order valence-electron chi connectivity index (χ4n) is 6.75. The highest BCUT2D eigenvalue weighted by atomic mass is 28.3. The van der Waals surface area contributed by atoms with E-state index in [2.05, 4.69) is 168 Å². The van der Waals surface area contributed by atoms with Crippen molar-refractivity contribution >= 4 is 238 Å². The number of likely N-dealkylation sites (N-methyl/N-ethyl adjacent to an activating group) is 2. The maximum atomic E-state index is 2.92. The van der Waals surface area contributed by atoms with Crippen molar-refractivity contribution in [2.45, 2.75) is 169 Å². The van der Waals surface area contributed by atoms with E-state index in [0.717, 1.165) is 45.0 Å². The lowest BCUT2D eigenvalue weighted by Crippen LogP contribution is -2.53. The molecule has 0 bridgehead atoms. The van der Waals surface area contributed by atoms with E-state index in [9.17, 15) is 0 Å². The van der Waals surface area contributed by atoms with Crippen LogP contribution in [0.15, 0.2) is 0 Å². The molecular weight excluding hydrogens is 1330 g/mol. The van der Waals surface area contributed by atoms with Crippen LogP contribution in [0.3, 0.4) is 0 Å². The molecule has 0 radical (unpaired) electrons. The van der Waals surface area contributed by atoms with Crippen molar-refractivity contribution < 1.29 is 0 Å². The summed E-state index contributed by atoms with van der Waals surface area (Å²) in [6.45, 7) is 33.6. The fraction of sp³-hybridized carbons (Fsp3) is 1.00. The number of hydrazine groups is 2. The van der Waals surface area contributed by atoms with Crippen molar-refractivity contribution in [2.24, 2.45) is 0 Å². The molecule has 0 amide bonds. The molecule has 0 aromatic heterocycles. The third kappa shape index (κ3) is 63.2. The van der Waals surface area contributed by atoms with E-state index in [1.165, 1.54) is 304 Å². The van der Waals surface area contributed by atoms with Gasteiger partial charge in [0, 0.05) is 39.3 Å². The average molecular weight is 1480 g/mol. The van der Waals surface area contributed by atoms with E-state index < -0.39 is 0 Å². The Balaban J connectivity index is -0.000000264. The molecule has 3 aliphatic rings. The van der Waals surface area contributed by atoms with Crippen LogP contribution in [0, 0.1) is 0 Å². The van der Waals surface area contributed by atoms with Gasteiger partial charge in [0.15, 0.2) is 29.5 Å². The zero-order valence-electron chi connectivity index (χ0n) is 59.3. The predicted molar refractivity (Wildman–Crippen MR) is 440 cm³/mol. The molecule has 0 spiro atoms. The zero-order valence-corrected chi connectivity index (χ0v) is 104. The number of hydrogen-bond donors (Lipinski definition) is 0. The van der Waals surface area contributed by atoms with E-state index in [0.29, 0.717) is 11.1 Å². The van der Waals surface area contributed by atoms with Crippen LogP contribution in [-0.4, -0.2) is 424 Å². The second-order valence-electron chi connectivity index (χ2n) is 27.2. The summed E-state index contributed by atoms with van der Waals surface area (Å²) in [6.07, 6.45) is 15.1. The van der Waals surface area contributed by atoms with Crippen molar-refractivity contribution in [3.05, 3.63) is 0 Å². The topological polar surface area (TPSA) is 51.8 Å². The first kappa shape index (κ1) is 90.1. The maximum absolute atomic E-state index is 2.92. The quantitative estimate of drug-likeness (QED) is 0.0966. The Hall–Kier alpha value is 4.35. The van der Waals surface area contributed by atoms with E-state index in [1.54, 1.807) is 0 Å². The minimum absolute atomic E-state index is 0.0395. The zero-order chi connectivity index (χ0) is 61.4. The largest absolute Gasteiger partial charge is 0.359 e. The average Bonchev–Trinajstić information content (AvgIpc) is 3.32. The molecule has 77 heavy (non-hydrogen) atoms. The molecule has 1 aliphatic heterocycles. The Morgan fingerprint density at radius 1 is 0.403 bits per heavy atom. The molecule has 0 N–H and O–H groups in total. The van der Waals surface area contributed by atoms with Gasteiger partial charge in [-0.3, -0.25) is 9.35 Å². The highest BCUT2D eigenvalue weighted by Crippen LogP contribution is 2.24. The Morgan fingerprint density at radius 3 is 0.844 bits per heavy atom. The molecule has 472 valence electrons. The van der Waals surface area contributed by atoms with Crippen LogP contribution in [0.4, 0.5) is 0 Å². The van der Waals surface area contributed by atoms with Crippen LogP contribution < -0.4 is 0 Å².